The zero-order chi connectivity index (χ0) is 17.4. The van der Waals surface area contributed by atoms with Gasteiger partial charge in [0.25, 0.3) is 5.95 Å². The second-order valence-corrected chi connectivity index (χ2v) is 5.52. The van der Waals surface area contributed by atoms with Crippen LogP contribution in [0.15, 0.2) is 4.90 Å². The first-order valence-corrected chi connectivity index (χ1v) is 6.87. The minimum atomic E-state index is -6.06. The summed E-state index contributed by atoms with van der Waals surface area (Å²) >= 11 is -1.45. The predicted molar refractivity (Wildman–Crippen MR) is 64.0 cm³/mol. The first-order chi connectivity index (χ1) is 10.5. The lowest BCUT2D eigenvalue weighted by atomic mass is 10.3. The van der Waals surface area contributed by atoms with Crippen LogP contribution in [0.3, 0.4) is 0 Å². The number of aromatic nitrogens is 1. The van der Waals surface area contributed by atoms with Gasteiger partial charge in [0.15, 0.2) is 17.5 Å². The van der Waals surface area contributed by atoms with Gasteiger partial charge in [-0.3, -0.25) is 0 Å². The molecule has 0 aromatic carbocycles. The monoisotopic (exact) mass is 368 g/mol. The lowest BCUT2D eigenvalue weighted by Gasteiger charge is -2.29. The van der Waals surface area contributed by atoms with Crippen LogP contribution in [0.1, 0.15) is 0 Å². The number of hydrogen-bond acceptors (Lipinski definition) is 4. The van der Waals surface area contributed by atoms with Crippen LogP contribution in [0.25, 0.3) is 0 Å². The number of nitrogens with zero attached hydrogens (tertiary/aromatic N) is 2. The molecule has 0 aliphatic carbocycles. The normalized spacial score (nSPS) is 16.8. The van der Waals surface area contributed by atoms with Crippen LogP contribution in [0.2, 0.25) is 0 Å². The Morgan fingerprint density at radius 2 is 1.52 bits per heavy atom. The number of anilines is 1. The summed E-state index contributed by atoms with van der Waals surface area (Å²) in [6.45, 7) is 0.159. The smallest absolute Gasteiger partial charge is 0.378 e. The summed E-state index contributed by atoms with van der Waals surface area (Å²) in [4.78, 5) is 2.25. The van der Waals surface area contributed by atoms with Gasteiger partial charge in [0.1, 0.15) is 0 Å². The topological polar surface area (TPSA) is 25.4 Å². The van der Waals surface area contributed by atoms with Crippen molar-refractivity contribution in [1.29, 1.82) is 0 Å². The maximum atomic E-state index is 14.1. The minimum Gasteiger partial charge on any atom is -0.378 e. The van der Waals surface area contributed by atoms with Gasteiger partial charge in [-0.05, 0) is 11.8 Å². The molecule has 0 atom stereocenters. The predicted octanol–water partition coefficient (Wildman–Crippen LogP) is 3.58. The van der Waals surface area contributed by atoms with Gasteiger partial charge < -0.3 is 9.64 Å². The molecule has 0 saturated carbocycles. The maximum Gasteiger partial charge on any atom is 0.464 e. The van der Waals surface area contributed by atoms with Crippen molar-refractivity contribution in [2.75, 3.05) is 31.2 Å². The maximum absolute atomic E-state index is 14.1. The third-order valence-electron chi connectivity index (χ3n) is 2.85. The van der Waals surface area contributed by atoms with E-state index in [1.54, 1.807) is 0 Å². The van der Waals surface area contributed by atoms with Crippen LogP contribution in [0, 0.1) is 17.6 Å². The summed E-state index contributed by atoms with van der Waals surface area (Å²) < 4.78 is 109. The number of alkyl halides is 5. The van der Waals surface area contributed by atoms with Crippen molar-refractivity contribution in [2.24, 2.45) is 0 Å². The van der Waals surface area contributed by atoms with Crippen LogP contribution in [-0.2, 0) is 4.74 Å². The Labute approximate surface area is 128 Å². The molecule has 0 amide bonds. The molecule has 130 valence electrons. The fraction of sp³-hybridized carbons (Fsp3) is 0.545. The summed E-state index contributed by atoms with van der Waals surface area (Å²) in [7, 11) is 0. The van der Waals surface area contributed by atoms with E-state index in [-0.39, 0.29) is 26.3 Å². The van der Waals surface area contributed by atoms with Crippen molar-refractivity contribution in [3.05, 3.63) is 17.6 Å². The van der Waals surface area contributed by atoms with Gasteiger partial charge in [0.2, 0.25) is 0 Å². The summed E-state index contributed by atoms with van der Waals surface area (Å²) in [5, 5.41) is -5.50. The summed E-state index contributed by atoms with van der Waals surface area (Å²) in [5.41, 5.74) is 0. The molecule has 12 heteroatoms. The molecule has 1 fully saturated rings. The second kappa shape index (κ2) is 6.30. The van der Waals surface area contributed by atoms with E-state index in [1.165, 1.54) is 0 Å². The van der Waals surface area contributed by atoms with Crippen LogP contribution in [-0.4, -0.2) is 42.7 Å². The van der Waals surface area contributed by atoms with E-state index >= 15 is 0 Å². The van der Waals surface area contributed by atoms with Gasteiger partial charge in [-0.1, -0.05) is 0 Å². The molecule has 1 aromatic rings. The largest absolute Gasteiger partial charge is 0.464 e. The van der Waals surface area contributed by atoms with E-state index in [4.69, 9.17) is 4.74 Å². The zero-order valence-electron chi connectivity index (χ0n) is 11.1. The van der Waals surface area contributed by atoms with Gasteiger partial charge in [-0.25, -0.2) is 8.78 Å². The number of hydrogen-bond donors (Lipinski definition) is 0. The average Bonchev–Trinajstić information content (AvgIpc) is 2.47. The summed E-state index contributed by atoms with van der Waals surface area (Å²) in [6.07, 6.45) is -6.06. The number of halogens is 8. The number of thioether (sulfide) groups is 1. The molecular weight excluding hydrogens is 360 g/mol. The number of pyridine rings is 1. The van der Waals surface area contributed by atoms with Gasteiger partial charge >= 0.3 is 11.4 Å². The second-order valence-electron chi connectivity index (χ2n) is 4.40. The third kappa shape index (κ3) is 3.62. The Morgan fingerprint density at radius 1 is 0.957 bits per heavy atom. The molecule has 0 spiro atoms. The molecule has 2 rings (SSSR count). The molecule has 3 nitrogen and oxygen atoms in total. The van der Waals surface area contributed by atoms with Crippen LogP contribution in [0.4, 0.5) is 40.9 Å². The highest BCUT2D eigenvalue weighted by Gasteiger charge is 2.59. The lowest BCUT2D eigenvalue weighted by Crippen LogP contribution is -2.38. The van der Waals surface area contributed by atoms with E-state index in [1.807, 2.05) is 0 Å². The first kappa shape index (κ1) is 18.0. The molecule has 1 aromatic heterocycles. The van der Waals surface area contributed by atoms with E-state index in [2.05, 4.69) is 4.98 Å². The quantitative estimate of drug-likeness (QED) is 0.463. The van der Waals surface area contributed by atoms with Crippen molar-refractivity contribution >= 4 is 17.6 Å². The van der Waals surface area contributed by atoms with Gasteiger partial charge in [-0.15, -0.1) is 0 Å². The lowest BCUT2D eigenvalue weighted by molar-refractivity contribution is -0.237. The molecule has 2 heterocycles. The molecule has 1 saturated heterocycles. The minimum absolute atomic E-state index is 0.00520. The molecule has 0 radical (unpaired) electrons. The number of rotatable bonds is 3. The fourth-order valence-corrected chi connectivity index (χ4v) is 2.47. The van der Waals surface area contributed by atoms with Crippen molar-refractivity contribution < 1.29 is 39.9 Å². The Bertz CT molecular complexity index is 588. The third-order valence-corrected chi connectivity index (χ3v) is 3.90. The fourth-order valence-electron chi connectivity index (χ4n) is 1.74. The Balaban J connectivity index is 2.44. The van der Waals surface area contributed by atoms with Crippen LogP contribution < -0.4 is 4.90 Å². The van der Waals surface area contributed by atoms with E-state index in [0.717, 1.165) is 4.90 Å². The molecule has 23 heavy (non-hydrogen) atoms. The van der Waals surface area contributed by atoms with E-state index < -0.39 is 51.5 Å². The van der Waals surface area contributed by atoms with Gasteiger partial charge in [0.05, 0.1) is 18.1 Å². The zero-order valence-corrected chi connectivity index (χ0v) is 11.9. The Morgan fingerprint density at radius 3 is 2.04 bits per heavy atom. The van der Waals surface area contributed by atoms with Crippen molar-refractivity contribution in [3.8, 4) is 0 Å². The van der Waals surface area contributed by atoms with Gasteiger partial charge in [0, 0.05) is 13.1 Å². The van der Waals surface area contributed by atoms with Crippen molar-refractivity contribution in [1.82, 2.24) is 4.98 Å². The average molecular weight is 368 g/mol. The number of ether oxygens (including phenoxy) is 1. The highest BCUT2D eigenvalue weighted by atomic mass is 32.2. The highest BCUT2D eigenvalue weighted by molar-refractivity contribution is 8.00. The molecule has 0 unspecified atom stereocenters. The summed E-state index contributed by atoms with van der Waals surface area (Å²) in [5.74, 6) is -6.78. The summed E-state index contributed by atoms with van der Waals surface area (Å²) in [6, 6.07) is 0. The Kier molecular flexibility index (Phi) is 4.95. The van der Waals surface area contributed by atoms with Crippen LogP contribution in [0.5, 0.6) is 0 Å². The van der Waals surface area contributed by atoms with Crippen molar-refractivity contribution in [3.63, 3.8) is 0 Å². The first-order valence-electron chi connectivity index (χ1n) is 6.05. The molecule has 1 aliphatic rings. The molecular formula is C11H8F8N2OS. The van der Waals surface area contributed by atoms with E-state index in [0.29, 0.717) is 0 Å². The van der Waals surface area contributed by atoms with E-state index in [9.17, 15) is 35.1 Å². The molecule has 1 aliphatic heterocycles. The standard InChI is InChI=1S/C11H8F8N2OS/c12-5-7(23-11(18,19)10(15,16)17)6(13)9(20-8(5)14)21-1-3-22-4-2-21/h1-4H2. The SMILES string of the molecule is Fc1nc(N2CCOCC2)c(F)c(SC(F)(F)C(F)(F)F)c1F. The van der Waals surface area contributed by atoms with Crippen molar-refractivity contribution in [2.45, 2.75) is 16.3 Å². The Hall–Kier alpha value is -1.30. The van der Waals surface area contributed by atoms with Crippen LogP contribution >= 0.6 is 11.8 Å². The highest BCUT2D eigenvalue weighted by Crippen LogP contribution is 2.49. The molecule has 0 bridgehead atoms. The number of morpholine rings is 1. The van der Waals surface area contributed by atoms with Gasteiger partial charge in [-0.2, -0.15) is 31.3 Å². The molecule has 0 N–H and O–H groups in total.